The van der Waals surface area contributed by atoms with Crippen LogP contribution in [0, 0.1) is 3.57 Å². The molecule has 3 aromatic carbocycles. The van der Waals surface area contributed by atoms with Gasteiger partial charge in [-0.2, -0.15) is 0 Å². The molecular weight excluding hydrogens is 606 g/mol. The topological polar surface area (TPSA) is 0 Å². The van der Waals surface area contributed by atoms with Crippen molar-refractivity contribution in [1.82, 2.24) is 0 Å². The fourth-order valence-electron chi connectivity index (χ4n) is 2.19. The Kier molecular flexibility index (Phi) is 4.79. The first-order valence-corrected chi connectivity index (χ1v) is 19.9. The fourth-order valence-corrected chi connectivity index (χ4v) is 14.3. The Hall–Kier alpha value is 0.400. The van der Waals surface area contributed by atoms with Crippen LogP contribution < -0.4 is 7.22 Å². The van der Waals surface area contributed by atoms with Crippen molar-refractivity contribution in [2.45, 2.75) is 0 Å². The van der Waals surface area contributed by atoms with E-state index in [4.69, 9.17) is 0 Å². The van der Waals surface area contributed by atoms with E-state index < -0.39 is 13.8 Å². The van der Waals surface area contributed by atoms with Gasteiger partial charge in [0.2, 0.25) is 0 Å². The van der Waals surface area contributed by atoms with Gasteiger partial charge in [0.05, 0.1) is 0 Å². The first-order chi connectivity index (χ1) is 9.60. The third kappa shape index (κ3) is 2.83. The molecule has 0 aliphatic rings. The van der Waals surface area contributed by atoms with E-state index in [-0.39, 0.29) is 0 Å². The Morgan fingerprint density at radius 2 is 1.40 bits per heavy atom. The van der Waals surface area contributed by atoms with Gasteiger partial charge in [0.15, 0.2) is 0 Å². The number of fused-ring (bicyclic) bond motifs is 1. The van der Waals surface area contributed by atoms with Crippen molar-refractivity contribution in [2.24, 2.45) is 0 Å². The molecule has 0 saturated carbocycles. The van der Waals surface area contributed by atoms with Crippen LogP contribution in [0.15, 0.2) is 66.7 Å². The van der Waals surface area contributed by atoms with Crippen LogP contribution in [-0.2, 0) is 0 Å². The van der Waals surface area contributed by atoms with Crippen molar-refractivity contribution < 1.29 is 0 Å². The van der Waals surface area contributed by atoms with E-state index in [2.05, 4.69) is 115 Å². The number of rotatable bonds is 2. The molecule has 102 valence electrons. The van der Waals surface area contributed by atoms with Gasteiger partial charge in [-0.15, -0.1) is 0 Å². The van der Waals surface area contributed by atoms with E-state index in [9.17, 15) is 0 Å². The van der Waals surface area contributed by atoms with Crippen LogP contribution in [0.3, 0.4) is 0 Å². The molecule has 0 radical (unpaired) electrons. The zero-order valence-electron chi connectivity index (χ0n) is 10.4. The summed E-state index contributed by atoms with van der Waals surface area (Å²) in [5.74, 6) is 0. The molecule has 3 rings (SSSR count). The van der Waals surface area contributed by atoms with Gasteiger partial charge in [0.1, 0.15) is 0 Å². The summed E-state index contributed by atoms with van der Waals surface area (Å²) in [5, 5.41) is 2.68. The van der Waals surface area contributed by atoms with Gasteiger partial charge in [-0.3, -0.25) is 0 Å². The number of benzene rings is 3. The predicted molar refractivity (Wildman–Crippen MR) is 106 cm³/mol. The Bertz CT molecular complexity index is 752. The minimum absolute atomic E-state index is 1.31. The van der Waals surface area contributed by atoms with Gasteiger partial charge in [0.25, 0.3) is 0 Å². The van der Waals surface area contributed by atoms with Crippen molar-refractivity contribution in [2.75, 3.05) is 0 Å². The first-order valence-electron chi connectivity index (χ1n) is 6.05. The van der Waals surface area contributed by atoms with Gasteiger partial charge in [-0.25, -0.2) is 0 Å². The molecule has 0 nitrogen and oxygen atoms in total. The normalized spacial score (nSPS) is 12.6. The molecule has 0 heterocycles. The second-order valence-electron chi connectivity index (χ2n) is 4.38. The second-order valence-corrected chi connectivity index (χ2v) is 29.7. The zero-order valence-corrected chi connectivity index (χ0v) is 18.1. The Morgan fingerprint density at radius 3 is 2.10 bits per heavy atom. The van der Waals surface area contributed by atoms with Gasteiger partial charge in [0, 0.05) is 0 Å². The Labute approximate surface area is 148 Å². The summed E-state index contributed by atoms with van der Waals surface area (Å²) in [6.07, 6.45) is 0. The summed E-state index contributed by atoms with van der Waals surface area (Å²) >= 11 is 7.90. The van der Waals surface area contributed by atoms with Crippen molar-refractivity contribution in [1.29, 1.82) is 0 Å². The second kappa shape index (κ2) is 6.26. The van der Waals surface area contributed by atoms with E-state index in [1.807, 2.05) is 0 Å². The summed E-state index contributed by atoms with van der Waals surface area (Å²) in [6.45, 7) is 0. The molecule has 0 spiro atoms. The summed E-state index contributed by atoms with van der Waals surface area (Å²) in [4.78, 5) is 0. The quantitative estimate of drug-likeness (QED) is 0.287. The maximum absolute atomic E-state index is 4.06. The Balaban J connectivity index is 2.30. The van der Waals surface area contributed by atoms with Gasteiger partial charge in [-0.1, -0.05) is 0 Å². The van der Waals surface area contributed by atoms with Crippen molar-refractivity contribution in [3.8, 4) is 0 Å². The average Bonchev–Trinajstić information content (AvgIpc) is 2.48. The van der Waals surface area contributed by atoms with Gasteiger partial charge < -0.3 is 0 Å². The molecule has 3 aromatic rings. The monoisotopic (exact) mass is 618 g/mol. The van der Waals surface area contributed by atoms with Crippen LogP contribution in [0.5, 0.6) is 0 Å². The van der Waals surface area contributed by atoms with Crippen molar-refractivity contribution >= 4 is 79.9 Å². The summed E-state index contributed by atoms with van der Waals surface area (Å²) in [6, 6.07) is 23.8. The molecule has 0 saturated heterocycles. The van der Waals surface area contributed by atoms with E-state index in [1.54, 1.807) is 0 Å². The van der Waals surface area contributed by atoms with Gasteiger partial charge >= 0.3 is 150 Å². The standard InChI is InChI=1S/C16H11Br2ITe/c17-20(18,13-8-2-1-3-9-13)15-11-5-7-12-6-4-10-14(19)16(12)15/h1-11H. The average molecular weight is 618 g/mol. The maximum atomic E-state index is 4.06. The molecular formula is C16H11Br2ITe. The molecule has 0 aliphatic heterocycles. The van der Waals surface area contributed by atoms with Crippen LogP contribution in [0.1, 0.15) is 0 Å². The molecule has 0 fully saturated rings. The number of hydrogen-bond acceptors (Lipinski definition) is 0. The first kappa shape index (κ1) is 15.3. The molecule has 0 atom stereocenters. The predicted octanol–water partition coefficient (Wildman–Crippen LogP) is 4.79. The summed E-state index contributed by atoms with van der Waals surface area (Å²) < 4.78 is 4.10. The van der Waals surface area contributed by atoms with E-state index >= 15 is 0 Å². The Morgan fingerprint density at radius 1 is 0.750 bits per heavy atom. The van der Waals surface area contributed by atoms with Crippen LogP contribution in [0.4, 0.5) is 0 Å². The zero-order chi connectivity index (χ0) is 14.2. The number of halogens is 3. The molecule has 4 heteroatoms. The summed E-state index contributed by atoms with van der Waals surface area (Å²) in [5.41, 5.74) is 0. The third-order valence-corrected chi connectivity index (χ3v) is 18.7. The molecule has 0 unspecified atom stereocenters. The number of hydrogen-bond donors (Lipinski definition) is 0. The summed E-state index contributed by atoms with van der Waals surface area (Å²) in [7, 11) is 0. The van der Waals surface area contributed by atoms with Gasteiger partial charge in [-0.05, 0) is 0 Å². The van der Waals surface area contributed by atoms with Crippen LogP contribution in [-0.4, -0.2) is 13.8 Å². The fraction of sp³-hybridized carbons (Fsp3) is 0. The SMILES string of the molecule is Br[Te](Br)(c1ccccc1)c1cccc2cccc(I)c12. The third-order valence-electron chi connectivity index (χ3n) is 3.13. The van der Waals surface area contributed by atoms with E-state index in [0.29, 0.717) is 0 Å². The minimum atomic E-state index is -2.64. The molecule has 0 N–H and O–H groups in total. The molecule has 0 aromatic heterocycles. The van der Waals surface area contributed by atoms with E-state index in [1.165, 1.54) is 21.6 Å². The van der Waals surface area contributed by atoms with Crippen LogP contribution in [0.2, 0.25) is 0 Å². The van der Waals surface area contributed by atoms with E-state index in [0.717, 1.165) is 0 Å². The van der Waals surface area contributed by atoms with Crippen molar-refractivity contribution in [3.05, 3.63) is 70.3 Å². The molecule has 20 heavy (non-hydrogen) atoms. The van der Waals surface area contributed by atoms with Crippen molar-refractivity contribution in [3.63, 3.8) is 0 Å². The molecule has 0 aliphatic carbocycles. The molecule has 0 bridgehead atoms. The van der Waals surface area contributed by atoms with Crippen LogP contribution in [0.25, 0.3) is 10.8 Å². The molecule has 0 amide bonds. The van der Waals surface area contributed by atoms with Crippen LogP contribution >= 0.6 is 48.1 Å².